The predicted molar refractivity (Wildman–Crippen MR) is 88.7 cm³/mol. The first-order chi connectivity index (χ1) is 10.6. The monoisotopic (exact) mass is 314 g/mol. The summed E-state index contributed by atoms with van der Waals surface area (Å²) in [6, 6.07) is 8.16. The average molecular weight is 314 g/mol. The van der Waals surface area contributed by atoms with Gasteiger partial charge in [0.05, 0.1) is 12.7 Å². The minimum atomic E-state index is -0.0841. The van der Waals surface area contributed by atoms with Gasteiger partial charge < -0.3 is 10.2 Å². The van der Waals surface area contributed by atoms with E-state index in [0.29, 0.717) is 13.1 Å². The second kappa shape index (κ2) is 6.19. The molecule has 0 aliphatic carbocycles. The van der Waals surface area contributed by atoms with Crippen LogP contribution >= 0.6 is 11.3 Å². The Kier molecular flexibility index (Phi) is 4.11. The van der Waals surface area contributed by atoms with Gasteiger partial charge in [0.25, 0.3) is 0 Å². The van der Waals surface area contributed by atoms with Crippen molar-refractivity contribution in [3.05, 3.63) is 53.2 Å². The van der Waals surface area contributed by atoms with Crippen molar-refractivity contribution < 1.29 is 4.79 Å². The number of nitrogens with one attached hydrogen (secondary N) is 1. The van der Waals surface area contributed by atoms with E-state index in [2.05, 4.69) is 27.9 Å². The number of urea groups is 1. The zero-order valence-corrected chi connectivity index (χ0v) is 13.4. The van der Waals surface area contributed by atoms with Crippen LogP contribution in [0, 0.1) is 0 Å². The molecule has 5 nitrogen and oxygen atoms in total. The molecule has 3 aromatic rings. The number of aromatic nitrogens is 2. The maximum absolute atomic E-state index is 12.2. The topological polar surface area (TPSA) is 50.2 Å². The number of carbonyl (C=O) groups excluding carboxylic acids is 1. The molecule has 0 bridgehead atoms. The number of benzene rings is 1. The summed E-state index contributed by atoms with van der Waals surface area (Å²) < 4.78 is 2.98. The van der Waals surface area contributed by atoms with E-state index in [-0.39, 0.29) is 6.03 Å². The lowest BCUT2D eigenvalue weighted by molar-refractivity contribution is 0.206. The van der Waals surface area contributed by atoms with Gasteiger partial charge in [-0.15, -0.1) is 11.3 Å². The van der Waals surface area contributed by atoms with Crippen molar-refractivity contribution in [2.75, 3.05) is 7.05 Å². The Morgan fingerprint density at radius 2 is 2.23 bits per heavy atom. The molecular weight excluding hydrogens is 296 g/mol. The van der Waals surface area contributed by atoms with Crippen LogP contribution in [0.15, 0.2) is 42.0 Å². The van der Waals surface area contributed by atoms with Crippen molar-refractivity contribution in [1.29, 1.82) is 0 Å². The van der Waals surface area contributed by atoms with Crippen molar-refractivity contribution in [2.24, 2.45) is 7.05 Å². The molecule has 0 atom stereocenters. The summed E-state index contributed by atoms with van der Waals surface area (Å²) >= 11 is 1.70. The Hall–Kier alpha value is -2.34. The SMILES string of the molecule is CN(Cc1cnn(C)c1)C(=O)NCc1csc2ccccc12. The number of hydrogen-bond donors (Lipinski definition) is 1. The number of nitrogens with zero attached hydrogens (tertiary/aromatic N) is 3. The van der Waals surface area contributed by atoms with Gasteiger partial charge in [0.1, 0.15) is 0 Å². The van der Waals surface area contributed by atoms with Crippen LogP contribution in [0.2, 0.25) is 0 Å². The number of amides is 2. The van der Waals surface area contributed by atoms with Crippen molar-refractivity contribution >= 4 is 27.5 Å². The molecule has 0 fully saturated rings. The van der Waals surface area contributed by atoms with E-state index in [9.17, 15) is 4.79 Å². The van der Waals surface area contributed by atoms with Gasteiger partial charge in [0.2, 0.25) is 0 Å². The summed E-state index contributed by atoms with van der Waals surface area (Å²) in [5.41, 5.74) is 2.17. The molecular formula is C16H18N4OS. The molecule has 3 rings (SSSR count). The molecule has 114 valence electrons. The maximum atomic E-state index is 12.2. The van der Waals surface area contributed by atoms with E-state index in [1.807, 2.05) is 25.4 Å². The normalized spacial score (nSPS) is 10.8. The molecule has 2 aromatic heterocycles. The van der Waals surface area contributed by atoms with Gasteiger partial charge in [-0.05, 0) is 22.4 Å². The third kappa shape index (κ3) is 3.12. The van der Waals surface area contributed by atoms with Crippen molar-refractivity contribution in [2.45, 2.75) is 13.1 Å². The van der Waals surface area contributed by atoms with E-state index in [1.54, 1.807) is 34.2 Å². The second-order valence-electron chi connectivity index (χ2n) is 5.29. The molecule has 1 N–H and O–H groups in total. The highest BCUT2D eigenvalue weighted by Gasteiger charge is 2.11. The highest BCUT2D eigenvalue weighted by molar-refractivity contribution is 7.17. The molecule has 0 saturated heterocycles. The average Bonchev–Trinajstić information content (AvgIpc) is 3.11. The molecule has 2 amide bonds. The molecule has 0 saturated carbocycles. The first-order valence-electron chi connectivity index (χ1n) is 7.05. The lowest BCUT2D eigenvalue weighted by atomic mass is 10.2. The number of aryl methyl sites for hydroxylation is 1. The van der Waals surface area contributed by atoms with Crippen molar-refractivity contribution in [3.63, 3.8) is 0 Å². The highest BCUT2D eigenvalue weighted by atomic mass is 32.1. The lowest BCUT2D eigenvalue weighted by Crippen LogP contribution is -2.36. The first kappa shape index (κ1) is 14.6. The van der Waals surface area contributed by atoms with Gasteiger partial charge in [-0.1, -0.05) is 18.2 Å². The maximum Gasteiger partial charge on any atom is 0.317 e. The smallest absolute Gasteiger partial charge is 0.317 e. The van der Waals surface area contributed by atoms with Crippen LogP contribution in [-0.2, 0) is 20.1 Å². The van der Waals surface area contributed by atoms with Gasteiger partial charge in [0, 0.05) is 37.1 Å². The lowest BCUT2D eigenvalue weighted by Gasteiger charge is -2.17. The molecule has 6 heteroatoms. The Bertz CT molecular complexity index is 792. The van der Waals surface area contributed by atoms with E-state index < -0.39 is 0 Å². The van der Waals surface area contributed by atoms with Crippen molar-refractivity contribution in [3.8, 4) is 0 Å². The Labute approximate surface area is 133 Å². The molecule has 0 aliphatic heterocycles. The molecule has 0 spiro atoms. The van der Waals surface area contributed by atoms with Gasteiger partial charge in [-0.25, -0.2) is 4.79 Å². The first-order valence-corrected chi connectivity index (χ1v) is 7.93. The fraction of sp³-hybridized carbons (Fsp3) is 0.250. The van der Waals surface area contributed by atoms with Crippen LogP contribution in [0.1, 0.15) is 11.1 Å². The Morgan fingerprint density at radius 3 is 3.00 bits per heavy atom. The van der Waals surface area contributed by atoms with E-state index >= 15 is 0 Å². The molecule has 2 heterocycles. The fourth-order valence-corrected chi connectivity index (χ4v) is 3.34. The molecule has 0 aliphatic rings. The fourth-order valence-electron chi connectivity index (χ4n) is 2.37. The molecule has 0 radical (unpaired) electrons. The minimum Gasteiger partial charge on any atom is -0.334 e. The van der Waals surface area contributed by atoms with Crippen LogP contribution in [-0.4, -0.2) is 27.8 Å². The van der Waals surface area contributed by atoms with E-state index in [1.165, 1.54) is 10.1 Å². The molecule has 0 unspecified atom stereocenters. The second-order valence-corrected chi connectivity index (χ2v) is 6.21. The van der Waals surface area contributed by atoms with E-state index in [4.69, 9.17) is 0 Å². The number of hydrogen-bond acceptors (Lipinski definition) is 3. The zero-order chi connectivity index (χ0) is 15.5. The van der Waals surface area contributed by atoms with Gasteiger partial charge in [0.15, 0.2) is 0 Å². The van der Waals surface area contributed by atoms with Crippen LogP contribution in [0.5, 0.6) is 0 Å². The summed E-state index contributed by atoms with van der Waals surface area (Å²) in [4.78, 5) is 13.8. The standard InChI is InChI=1S/C16H18N4OS/c1-19(9-12-7-18-20(2)10-12)16(21)17-8-13-11-22-15-6-4-3-5-14(13)15/h3-7,10-11H,8-9H2,1-2H3,(H,17,21). The quantitative estimate of drug-likeness (QED) is 0.805. The summed E-state index contributed by atoms with van der Waals surface area (Å²) in [7, 11) is 3.65. The molecule has 22 heavy (non-hydrogen) atoms. The molecule has 1 aromatic carbocycles. The van der Waals surface area contributed by atoms with E-state index in [0.717, 1.165) is 11.1 Å². The Morgan fingerprint density at radius 1 is 1.41 bits per heavy atom. The van der Waals surface area contributed by atoms with Crippen LogP contribution in [0.25, 0.3) is 10.1 Å². The summed E-state index contributed by atoms with van der Waals surface area (Å²) in [6.45, 7) is 1.09. The number of thiophene rings is 1. The van der Waals surface area contributed by atoms with Crippen molar-refractivity contribution in [1.82, 2.24) is 20.0 Å². The summed E-state index contributed by atoms with van der Waals surface area (Å²) in [5.74, 6) is 0. The van der Waals surface area contributed by atoms with Crippen LogP contribution in [0.3, 0.4) is 0 Å². The van der Waals surface area contributed by atoms with Crippen LogP contribution in [0.4, 0.5) is 4.79 Å². The predicted octanol–water partition coefficient (Wildman–Crippen LogP) is 2.98. The minimum absolute atomic E-state index is 0.0841. The van der Waals surface area contributed by atoms with Crippen LogP contribution < -0.4 is 5.32 Å². The summed E-state index contributed by atoms with van der Waals surface area (Å²) in [5, 5.41) is 10.4. The third-order valence-electron chi connectivity index (χ3n) is 3.52. The van der Waals surface area contributed by atoms with Gasteiger partial charge >= 0.3 is 6.03 Å². The largest absolute Gasteiger partial charge is 0.334 e. The van der Waals surface area contributed by atoms with Gasteiger partial charge in [-0.2, -0.15) is 5.10 Å². The number of carbonyl (C=O) groups is 1. The summed E-state index contributed by atoms with van der Waals surface area (Å²) in [6.07, 6.45) is 3.69. The zero-order valence-electron chi connectivity index (χ0n) is 12.6. The number of rotatable bonds is 4. The Balaban J connectivity index is 1.59. The van der Waals surface area contributed by atoms with Gasteiger partial charge in [-0.3, -0.25) is 4.68 Å². The number of fused-ring (bicyclic) bond motifs is 1. The third-order valence-corrected chi connectivity index (χ3v) is 4.53. The highest BCUT2D eigenvalue weighted by Crippen LogP contribution is 2.25.